The van der Waals surface area contributed by atoms with Gasteiger partial charge >= 0.3 is 0 Å². The van der Waals surface area contributed by atoms with Crippen LogP contribution in [0.25, 0.3) is 0 Å². The average molecular weight is 249 g/mol. The summed E-state index contributed by atoms with van der Waals surface area (Å²) in [5, 5.41) is 0.929. The zero-order valence-corrected chi connectivity index (χ0v) is 9.64. The number of ketones is 1. The number of rotatable bonds is 5. The van der Waals surface area contributed by atoms with Gasteiger partial charge in [0.05, 0.1) is 5.02 Å². The Bertz CT molecular complexity index is 353. The number of hydrogen-bond donors (Lipinski definition) is 0. The van der Waals surface area contributed by atoms with Crippen LogP contribution >= 0.6 is 23.2 Å². The average Bonchev–Trinajstić information content (AvgIpc) is 2.20. The zero-order valence-electron chi connectivity index (χ0n) is 8.13. The fourth-order valence-corrected chi connectivity index (χ4v) is 1.28. The van der Waals surface area contributed by atoms with Crippen molar-refractivity contribution in [2.75, 3.05) is 20.3 Å². The first-order valence-electron chi connectivity index (χ1n) is 4.22. The maximum atomic E-state index is 11.1. The minimum Gasteiger partial charge on any atom is -0.484 e. The summed E-state index contributed by atoms with van der Waals surface area (Å²) in [5.74, 6) is 0.238. The summed E-state index contributed by atoms with van der Waals surface area (Å²) >= 11 is 11.6. The Morgan fingerprint density at radius 3 is 2.73 bits per heavy atom. The molecule has 5 heteroatoms. The van der Waals surface area contributed by atoms with Crippen LogP contribution in [-0.2, 0) is 9.53 Å². The van der Waals surface area contributed by atoms with Gasteiger partial charge in [-0.1, -0.05) is 23.2 Å². The van der Waals surface area contributed by atoms with E-state index < -0.39 is 0 Å². The van der Waals surface area contributed by atoms with Gasteiger partial charge in [-0.05, 0) is 12.1 Å². The third kappa shape index (κ3) is 4.08. The molecule has 0 saturated carbocycles. The van der Waals surface area contributed by atoms with Crippen molar-refractivity contribution in [3.8, 4) is 5.75 Å². The number of benzene rings is 1. The molecule has 0 atom stereocenters. The molecule has 0 saturated heterocycles. The SMILES string of the molecule is COCC(=O)COc1cc(Cl)ccc1Cl. The molecule has 1 aromatic rings. The molecular weight excluding hydrogens is 239 g/mol. The predicted octanol–water partition coefficient (Wildman–Crippen LogP) is 2.59. The van der Waals surface area contributed by atoms with E-state index in [2.05, 4.69) is 4.74 Å². The molecule has 0 bridgehead atoms. The second-order valence-electron chi connectivity index (χ2n) is 2.84. The topological polar surface area (TPSA) is 35.5 Å². The molecule has 0 aliphatic carbocycles. The largest absolute Gasteiger partial charge is 0.484 e. The first-order valence-corrected chi connectivity index (χ1v) is 4.97. The summed E-state index contributed by atoms with van der Waals surface area (Å²) in [4.78, 5) is 11.1. The Labute approximate surface area is 97.9 Å². The van der Waals surface area contributed by atoms with Crippen LogP contribution in [0.3, 0.4) is 0 Å². The lowest BCUT2D eigenvalue weighted by atomic mass is 10.3. The van der Waals surface area contributed by atoms with Gasteiger partial charge in [0.2, 0.25) is 0 Å². The minimum absolute atomic E-state index is 0.0260. The molecule has 0 unspecified atom stereocenters. The molecule has 15 heavy (non-hydrogen) atoms. The number of halogens is 2. The molecule has 3 nitrogen and oxygen atoms in total. The van der Waals surface area contributed by atoms with E-state index in [-0.39, 0.29) is 19.0 Å². The van der Waals surface area contributed by atoms with Crippen molar-refractivity contribution in [3.05, 3.63) is 28.2 Å². The molecule has 0 spiro atoms. The molecule has 0 aromatic heterocycles. The maximum Gasteiger partial charge on any atom is 0.195 e. The second kappa shape index (κ2) is 5.95. The van der Waals surface area contributed by atoms with Gasteiger partial charge in [0.1, 0.15) is 19.0 Å². The van der Waals surface area contributed by atoms with Crippen LogP contribution in [0.1, 0.15) is 0 Å². The molecule has 0 heterocycles. The third-order valence-electron chi connectivity index (χ3n) is 1.59. The normalized spacial score (nSPS) is 10.1. The Morgan fingerprint density at radius 1 is 1.33 bits per heavy atom. The zero-order chi connectivity index (χ0) is 11.3. The van der Waals surface area contributed by atoms with Crippen molar-refractivity contribution >= 4 is 29.0 Å². The summed E-state index contributed by atoms with van der Waals surface area (Å²) in [6.07, 6.45) is 0. The van der Waals surface area contributed by atoms with Gasteiger partial charge in [-0.15, -0.1) is 0 Å². The van der Waals surface area contributed by atoms with Crippen LogP contribution in [-0.4, -0.2) is 26.1 Å². The van der Waals surface area contributed by atoms with E-state index in [4.69, 9.17) is 27.9 Å². The van der Waals surface area contributed by atoms with Crippen LogP contribution < -0.4 is 4.74 Å². The smallest absolute Gasteiger partial charge is 0.195 e. The molecule has 0 aliphatic heterocycles. The van der Waals surface area contributed by atoms with Crippen molar-refractivity contribution in [3.63, 3.8) is 0 Å². The molecule has 0 amide bonds. The number of carbonyl (C=O) groups is 1. The van der Waals surface area contributed by atoms with E-state index in [0.29, 0.717) is 15.8 Å². The van der Waals surface area contributed by atoms with Crippen LogP contribution in [0.5, 0.6) is 5.75 Å². The highest BCUT2D eigenvalue weighted by Crippen LogP contribution is 2.27. The molecule has 0 aliphatic rings. The monoisotopic (exact) mass is 248 g/mol. The van der Waals surface area contributed by atoms with Crippen molar-refractivity contribution in [1.82, 2.24) is 0 Å². The number of carbonyl (C=O) groups excluding carboxylic acids is 1. The minimum atomic E-state index is -0.159. The van der Waals surface area contributed by atoms with E-state index in [0.717, 1.165) is 0 Å². The highest BCUT2D eigenvalue weighted by atomic mass is 35.5. The quantitative estimate of drug-likeness (QED) is 0.804. The van der Waals surface area contributed by atoms with Gasteiger partial charge < -0.3 is 9.47 Å². The van der Waals surface area contributed by atoms with Crippen LogP contribution in [0.15, 0.2) is 18.2 Å². The summed E-state index contributed by atoms with van der Waals surface area (Å²) in [7, 11) is 1.45. The summed E-state index contributed by atoms with van der Waals surface area (Å²) in [6.45, 7) is -0.0495. The lowest BCUT2D eigenvalue weighted by Gasteiger charge is -2.07. The predicted molar refractivity (Wildman–Crippen MR) is 58.8 cm³/mol. The van der Waals surface area contributed by atoms with E-state index in [1.165, 1.54) is 7.11 Å². The van der Waals surface area contributed by atoms with Gasteiger partial charge in [0.25, 0.3) is 0 Å². The Balaban J connectivity index is 2.57. The van der Waals surface area contributed by atoms with Crippen molar-refractivity contribution in [2.24, 2.45) is 0 Å². The molecule has 1 aromatic carbocycles. The molecule has 0 N–H and O–H groups in total. The first kappa shape index (κ1) is 12.3. The Hall–Kier alpha value is -0.770. The number of Topliss-reactive ketones (excluding diaryl/α,β-unsaturated/α-hetero) is 1. The van der Waals surface area contributed by atoms with Crippen LogP contribution in [0.2, 0.25) is 10.0 Å². The van der Waals surface area contributed by atoms with Crippen molar-refractivity contribution in [2.45, 2.75) is 0 Å². The van der Waals surface area contributed by atoms with Gasteiger partial charge in [-0.2, -0.15) is 0 Å². The lowest BCUT2D eigenvalue weighted by molar-refractivity contribution is -0.124. The second-order valence-corrected chi connectivity index (χ2v) is 3.68. The number of ether oxygens (including phenoxy) is 2. The lowest BCUT2D eigenvalue weighted by Crippen LogP contribution is -2.16. The van der Waals surface area contributed by atoms with Crippen molar-refractivity contribution in [1.29, 1.82) is 0 Å². The molecule has 82 valence electrons. The number of methoxy groups -OCH3 is 1. The first-order chi connectivity index (χ1) is 7.13. The summed E-state index contributed by atoms with van der Waals surface area (Å²) < 4.78 is 9.84. The molecule has 1 rings (SSSR count). The summed E-state index contributed by atoms with van der Waals surface area (Å²) in [5.41, 5.74) is 0. The Kier molecular flexibility index (Phi) is 4.88. The van der Waals surface area contributed by atoms with Crippen LogP contribution in [0.4, 0.5) is 0 Å². The highest BCUT2D eigenvalue weighted by molar-refractivity contribution is 6.34. The van der Waals surface area contributed by atoms with Gasteiger partial charge in [-0.3, -0.25) is 4.79 Å². The van der Waals surface area contributed by atoms with Gasteiger partial charge in [0.15, 0.2) is 5.78 Å². The third-order valence-corrected chi connectivity index (χ3v) is 2.13. The Morgan fingerprint density at radius 2 is 2.07 bits per heavy atom. The molecular formula is C10H10Cl2O3. The van der Waals surface area contributed by atoms with E-state index >= 15 is 0 Å². The summed E-state index contributed by atoms with van der Waals surface area (Å²) in [6, 6.07) is 4.82. The van der Waals surface area contributed by atoms with Gasteiger partial charge in [0, 0.05) is 18.2 Å². The molecule has 0 fully saturated rings. The van der Waals surface area contributed by atoms with Crippen LogP contribution in [0, 0.1) is 0 Å². The maximum absolute atomic E-state index is 11.1. The molecule has 0 radical (unpaired) electrons. The fraction of sp³-hybridized carbons (Fsp3) is 0.300. The highest BCUT2D eigenvalue weighted by Gasteiger charge is 2.06. The van der Waals surface area contributed by atoms with Crippen molar-refractivity contribution < 1.29 is 14.3 Å². The fourth-order valence-electron chi connectivity index (χ4n) is 0.949. The standard InChI is InChI=1S/C10H10Cl2O3/c1-14-5-8(13)6-15-10-4-7(11)2-3-9(10)12/h2-4H,5-6H2,1H3. The van der Waals surface area contributed by atoms with E-state index in [1.807, 2.05) is 0 Å². The van der Waals surface area contributed by atoms with E-state index in [1.54, 1.807) is 18.2 Å². The number of hydrogen-bond acceptors (Lipinski definition) is 3. The van der Waals surface area contributed by atoms with E-state index in [9.17, 15) is 4.79 Å². The van der Waals surface area contributed by atoms with Gasteiger partial charge in [-0.25, -0.2) is 0 Å².